The van der Waals surface area contributed by atoms with Crippen molar-refractivity contribution in [2.45, 2.75) is 12.7 Å². The maximum atomic E-state index is 5.99. The molecule has 1 N–H and O–H groups in total. The molecule has 3 nitrogen and oxygen atoms in total. The van der Waals surface area contributed by atoms with Gasteiger partial charge in [0.2, 0.25) is 0 Å². The lowest BCUT2D eigenvalue weighted by molar-refractivity contribution is 0.0788. The van der Waals surface area contributed by atoms with E-state index in [1.807, 2.05) is 0 Å². The summed E-state index contributed by atoms with van der Waals surface area (Å²) in [6, 6.07) is 12.8. The molecule has 1 atom stereocenters. The molecule has 3 heteroatoms. The largest absolute Gasteiger partial charge is 0.369 e. The second-order valence-electron chi connectivity index (χ2n) is 4.75. The van der Waals surface area contributed by atoms with Crippen molar-refractivity contribution < 1.29 is 4.74 Å². The van der Waals surface area contributed by atoms with Crippen LogP contribution in [0.2, 0.25) is 0 Å². The molecule has 1 unspecified atom stereocenters. The first kappa shape index (κ1) is 10.1. The maximum Gasteiger partial charge on any atom is 0.140 e. The van der Waals surface area contributed by atoms with Crippen LogP contribution in [-0.2, 0) is 11.3 Å². The van der Waals surface area contributed by atoms with Crippen LogP contribution in [-0.4, -0.2) is 18.9 Å². The summed E-state index contributed by atoms with van der Waals surface area (Å²) in [5, 5.41) is 5.95. The van der Waals surface area contributed by atoms with Gasteiger partial charge < -0.3 is 10.1 Å². The number of aliphatic imine (C=N–C) groups is 1. The van der Waals surface area contributed by atoms with Gasteiger partial charge >= 0.3 is 0 Å². The molecule has 2 heterocycles. The molecule has 2 aromatic carbocycles. The normalized spacial score (nSPS) is 21.8. The van der Waals surface area contributed by atoms with E-state index in [-0.39, 0.29) is 6.10 Å². The zero-order valence-corrected chi connectivity index (χ0v) is 10.0. The molecule has 4 rings (SSSR count). The predicted molar refractivity (Wildman–Crippen MR) is 71.8 cm³/mol. The van der Waals surface area contributed by atoms with Crippen LogP contribution in [0.1, 0.15) is 17.2 Å². The highest BCUT2D eigenvalue weighted by atomic mass is 16.5. The molecule has 18 heavy (non-hydrogen) atoms. The van der Waals surface area contributed by atoms with Crippen LogP contribution < -0.4 is 5.32 Å². The zero-order chi connectivity index (χ0) is 11.9. The van der Waals surface area contributed by atoms with Crippen molar-refractivity contribution in [2.75, 3.05) is 13.1 Å². The Morgan fingerprint density at radius 3 is 2.89 bits per heavy atom. The summed E-state index contributed by atoms with van der Waals surface area (Å²) in [7, 11) is 0. The van der Waals surface area contributed by atoms with Crippen LogP contribution in [0.4, 0.5) is 0 Å². The Morgan fingerprint density at radius 2 is 2.06 bits per heavy atom. The van der Waals surface area contributed by atoms with Crippen molar-refractivity contribution >= 4 is 16.6 Å². The van der Waals surface area contributed by atoms with Gasteiger partial charge in [-0.1, -0.05) is 36.4 Å². The van der Waals surface area contributed by atoms with Crippen LogP contribution in [0.15, 0.2) is 41.4 Å². The number of rotatable bonds is 1. The molecule has 0 saturated heterocycles. The van der Waals surface area contributed by atoms with Crippen molar-refractivity contribution in [3.05, 3.63) is 47.5 Å². The predicted octanol–water partition coefficient (Wildman–Crippen LogP) is 2.41. The number of nitrogens with one attached hydrogen (secondary N) is 1. The van der Waals surface area contributed by atoms with Crippen molar-refractivity contribution in [1.82, 2.24) is 5.32 Å². The summed E-state index contributed by atoms with van der Waals surface area (Å²) in [6.45, 7) is 2.44. The molecule has 2 aliphatic rings. The summed E-state index contributed by atoms with van der Waals surface area (Å²) < 4.78 is 5.99. The first-order chi connectivity index (χ1) is 8.93. The third-order valence-corrected chi connectivity index (χ3v) is 3.66. The monoisotopic (exact) mass is 238 g/mol. The molecule has 0 radical (unpaired) electrons. The van der Waals surface area contributed by atoms with Gasteiger partial charge in [0, 0.05) is 6.54 Å². The minimum Gasteiger partial charge on any atom is -0.369 e. The zero-order valence-electron chi connectivity index (χ0n) is 10.0. The van der Waals surface area contributed by atoms with Crippen molar-refractivity contribution in [3.63, 3.8) is 0 Å². The van der Waals surface area contributed by atoms with E-state index in [1.54, 1.807) is 0 Å². The van der Waals surface area contributed by atoms with Gasteiger partial charge in [0.1, 0.15) is 11.9 Å². The van der Waals surface area contributed by atoms with E-state index in [0.717, 1.165) is 18.9 Å². The van der Waals surface area contributed by atoms with Crippen molar-refractivity contribution in [2.24, 2.45) is 4.99 Å². The molecular formula is C15H14N2O. The van der Waals surface area contributed by atoms with Gasteiger partial charge in [-0.05, 0) is 21.9 Å². The molecule has 90 valence electrons. The van der Waals surface area contributed by atoms with E-state index in [9.17, 15) is 0 Å². The summed E-state index contributed by atoms with van der Waals surface area (Å²) in [4.78, 5) is 4.50. The fourth-order valence-electron chi connectivity index (χ4n) is 2.87. The van der Waals surface area contributed by atoms with Gasteiger partial charge in [0.25, 0.3) is 0 Å². The number of benzene rings is 2. The molecule has 2 aromatic rings. The first-order valence-electron chi connectivity index (χ1n) is 6.34. The second-order valence-corrected chi connectivity index (χ2v) is 4.75. The van der Waals surface area contributed by atoms with Gasteiger partial charge in [-0.15, -0.1) is 0 Å². The lowest BCUT2D eigenvalue weighted by Crippen LogP contribution is -2.29. The number of amidine groups is 1. The third-order valence-electron chi connectivity index (χ3n) is 3.66. The van der Waals surface area contributed by atoms with Gasteiger partial charge in [-0.25, -0.2) is 0 Å². The number of hydrogen-bond donors (Lipinski definition) is 1. The second kappa shape index (κ2) is 3.82. The highest BCUT2D eigenvalue weighted by molar-refractivity contribution is 5.97. The highest BCUT2D eigenvalue weighted by Gasteiger charge is 2.27. The quantitative estimate of drug-likeness (QED) is 0.827. The van der Waals surface area contributed by atoms with E-state index in [1.165, 1.54) is 21.9 Å². The van der Waals surface area contributed by atoms with Crippen LogP contribution in [0, 0.1) is 0 Å². The summed E-state index contributed by atoms with van der Waals surface area (Å²) in [6.07, 6.45) is -0.0221. The van der Waals surface area contributed by atoms with Crippen LogP contribution in [0.25, 0.3) is 10.8 Å². The smallest absolute Gasteiger partial charge is 0.140 e. The Balaban J connectivity index is 1.95. The lowest BCUT2D eigenvalue weighted by atomic mass is 9.93. The average molecular weight is 238 g/mol. The van der Waals surface area contributed by atoms with Gasteiger partial charge in [0.05, 0.1) is 13.2 Å². The van der Waals surface area contributed by atoms with E-state index < -0.39 is 0 Å². The van der Waals surface area contributed by atoms with E-state index in [0.29, 0.717) is 6.61 Å². The minimum absolute atomic E-state index is 0.0221. The van der Waals surface area contributed by atoms with Crippen LogP contribution >= 0.6 is 0 Å². The molecule has 0 spiro atoms. The highest BCUT2D eigenvalue weighted by Crippen LogP contribution is 2.35. The minimum atomic E-state index is -0.0221. The molecular weight excluding hydrogens is 224 g/mol. The fourth-order valence-corrected chi connectivity index (χ4v) is 2.87. The summed E-state index contributed by atoms with van der Waals surface area (Å²) >= 11 is 0. The molecule has 0 aromatic heterocycles. The SMILES string of the molecule is c1cc2c3c(cccc3c1)C(C1=NCCN1)OC2. The maximum absolute atomic E-state index is 5.99. The number of nitrogens with zero attached hydrogens (tertiary/aromatic N) is 1. The Labute approximate surface area is 105 Å². The van der Waals surface area contributed by atoms with Gasteiger partial charge in [0.15, 0.2) is 0 Å². The molecule has 0 fully saturated rings. The average Bonchev–Trinajstić information content (AvgIpc) is 2.94. The van der Waals surface area contributed by atoms with Crippen LogP contribution in [0.5, 0.6) is 0 Å². The Morgan fingerprint density at radius 1 is 1.17 bits per heavy atom. The summed E-state index contributed by atoms with van der Waals surface area (Å²) in [5.74, 6) is 0.983. The molecule has 0 amide bonds. The Bertz CT molecular complexity index is 643. The van der Waals surface area contributed by atoms with E-state index in [2.05, 4.69) is 46.7 Å². The fraction of sp³-hybridized carbons (Fsp3) is 0.267. The molecule has 0 saturated carbocycles. The summed E-state index contributed by atoms with van der Waals surface area (Å²) in [5.41, 5.74) is 2.51. The molecule has 0 aliphatic carbocycles. The lowest BCUT2D eigenvalue weighted by Gasteiger charge is -2.26. The number of ether oxygens (including phenoxy) is 1. The van der Waals surface area contributed by atoms with E-state index in [4.69, 9.17) is 4.74 Å². The molecule has 2 aliphatic heterocycles. The van der Waals surface area contributed by atoms with Crippen LogP contribution in [0.3, 0.4) is 0 Å². The molecule has 0 bridgehead atoms. The van der Waals surface area contributed by atoms with Gasteiger partial charge in [-0.3, -0.25) is 4.99 Å². The standard InChI is InChI=1S/C15H14N2O/c1-3-10-4-2-6-12-13(10)11(5-1)9-18-14(12)15-16-7-8-17-15/h1-6,14H,7-9H2,(H,16,17). The van der Waals surface area contributed by atoms with Crippen molar-refractivity contribution in [3.8, 4) is 0 Å². The Kier molecular flexibility index (Phi) is 2.14. The van der Waals surface area contributed by atoms with Gasteiger partial charge in [-0.2, -0.15) is 0 Å². The number of hydrogen-bond acceptors (Lipinski definition) is 3. The Hall–Kier alpha value is -1.87. The third kappa shape index (κ3) is 1.37. The van der Waals surface area contributed by atoms with Crippen molar-refractivity contribution in [1.29, 1.82) is 0 Å². The first-order valence-corrected chi connectivity index (χ1v) is 6.34. The van der Waals surface area contributed by atoms with E-state index >= 15 is 0 Å². The topological polar surface area (TPSA) is 33.6 Å².